The minimum absolute atomic E-state index is 0.177. The molecule has 0 aliphatic carbocycles. The summed E-state index contributed by atoms with van der Waals surface area (Å²) in [6.07, 6.45) is 0. The Labute approximate surface area is 212 Å². The summed E-state index contributed by atoms with van der Waals surface area (Å²) >= 11 is 6.75. The number of aromatic nitrogens is 1. The van der Waals surface area contributed by atoms with Gasteiger partial charge in [-0.1, -0.05) is 37.9 Å². The smallest absolute Gasteiger partial charge is 0.321 e. The SMILES string of the molecule is Cc1ccc(NC(=O)c2cc3cc(Br)ccc3n2NC(=O)C(=O)Nc2ccc(Br)cc2)cc1C. The van der Waals surface area contributed by atoms with Crippen molar-refractivity contribution in [3.63, 3.8) is 0 Å². The zero-order chi connectivity index (χ0) is 24.4. The zero-order valence-corrected chi connectivity index (χ0v) is 21.5. The van der Waals surface area contributed by atoms with Crippen molar-refractivity contribution in [1.29, 1.82) is 0 Å². The fourth-order valence-electron chi connectivity index (χ4n) is 3.36. The van der Waals surface area contributed by atoms with E-state index in [-0.39, 0.29) is 5.69 Å². The van der Waals surface area contributed by atoms with Crippen LogP contribution in [0.15, 0.2) is 75.7 Å². The third-order valence-electron chi connectivity index (χ3n) is 5.28. The lowest BCUT2D eigenvalue weighted by atomic mass is 10.1. The van der Waals surface area contributed by atoms with Gasteiger partial charge in [0.25, 0.3) is 5.91 Å². The number of carbonyl (C=O) groups excluding carboxylic acids is 3. The molecular weight excluding hydrogens is 564 g/mol. The van der Waals surface area contributed by atoms with Crippen LogP contribution in [0.25, 0.3) is 10.9 Å². The van der Waals surface area contributed by atoms with Gasteiger partial charge in [-0.2, -0.15) is 0 Å². The molecule has 9 heteroatoms. The molecule has 0 bridgehead atoms. The molecule has 3 N–H and O–H groups in total. The van der Waals surface area contributed by atoms with E-state index in [1.165, 1.54) is 4.68 Å². The lowest BCUT2D eigenvalue weighted by molar-refractivity contribution is -0.133. The van der Waals surface area contributed by atoms with Crippen LogP contribution in [0.2, 0.25) is 0 Å². The summed E-state index contributed by atoms with van der Waals surface area (Å²) in [5, 5.41) is 6.12. The van der Waals surface area contributed by atoms with Crippen LogP contribution >= 0.6 is 31.9 Å². The number of hydrogen-bond donors (Lipinski definition) is 3. The van der Waals surface area contributed by atoms with Gasteiger partial charge in [0, 0.05) is 25.7 Å². The lowest BCUT2D eigenvalue weighted by Gasteiger charge is -2.13. The number of anilines is 2. The quantitative estimate of drug-likeness (QED) is 0.267. The molecule has 4 aromatic rings. The molecule has 0 spiro atoms. The maximum atomic E-state index is 13.2. The summed E-state index contributed by atoms with van der Waals surface area (Å²) in [5.74, 6) is -2.20. The molecule has 0 unspecified atom stereocenters. The summed E-state index contributed by atoms with van der Waals surface area (Å²) < 4.78 is 2.98. The van der Waals surface area contributed by atoms with E-state index in [4.69, 9.17) is 0 Å². The summed E-state index contributed by atoms with van der Waals surface area (Å²) in [5.41, 5.74) is 6.55. The minimum atomic E-state index is -0.913. The summed E-state index contributed by atoms with van der Waals surface area (Å²) in [4.78, 5) is 38.4. The van der Waals surface area contributed by atoms with E-state index < -0.39 is 17.7 Å². The minimum Gasteiger partial charge on any atom is -0.321 e. The van der Waals surface area contributed by atoms with Crippen molar-refractivity contribution in [3.05, 3.63) is 92.5 Å². The molecule has 3 amide bonds. The van der Waals surface area contributed by atoms with Crippen molar-refractivity contribution in [3.8, 4) is 0 Å². The summed E-state index contributed by atoms with van der Waals surface area (Å²) in [6.45, 7) is 3.95. The van der Waals surface area contributed by atoms with E-state index in [1.54, 1.807) is 42.5 Å². The predicted octanol–water partition coefficient (Wildman–Crippen LogP) is 5.74. The Morgan fingerprint density at radius 1 is 0.706 bits per heavy atom. The molecule has 0 saturated carbocycles. The molecule has 34 heavy (non-hydrogen) atoms. The van der Waals surface area contributed by atoms with E-state index in [2.05, 4.69) is 47.9 Å². The lowest BCUT2D eigenvalue weighted by Crippen LogP contribution is -2.36. The fourth-order valence-corrected chi connectivity index (χ4v) is 4.00. The average Bonchev–Trinajstić information content (AvgIpc) is 3.15. The van der Waals surface area contributed by atoms with Crippen molar-refractivity contribution in [2.75, 3.05) is 16.1 Å². The van der Waals surface area contributed by atoms with Gasteiger partial charge in [0.15, 0.2) is 0 Å². The Kier molecular flexibility index (Phi) is 6.85. The highest BCUT2D eigenvalue weighted by Crippen LogP contribution is 2.24. The van der Waals surface area contributed by atoms with Crippen LogP contribution in [-0.2, 0) is 9.59 Å². The van der Waals surface area contributed by atoms with Crippen LogP contribution in [0.1, 0.15) is 21.6 Å². The van der Waals surface area contributed by atoms with Gasteiger partial charge < -0.3 is 10.6 Å². The Morgan fingerprint density at radius 3 is 2.09 bits per heavy atom. The first-order chi connectivity index (χ1) is 16.2. The molecule has 0 saturated heterocycles. The molecule has 172 valence electrons. The second-order valence-corrected chi connectivity index (χ2v) is 9.55. The predicted molar refractivity (Wildman–Crippen MR) is 141 cm³/mol. The van der Waals surface area contributed by atoms with Crippen molar-refractivity contribution < 1.29 is 14.4 Å². The van der Waals surface area contributed by atoms with Gasteiger partial charge >= 0.3 is 11.8 Å². The van der Waals surface area contributed by atoms with Crippen LogP contribution in [-0.4, -0.2) is 22.4 Å². The highest BCUT2D eigenvalue weighted by molar-refractivity contribution is 9.10. The Bertz CT molecular complexity index is 1430. The topological polar surface area (TPSA) is 92.2 Å². The van der Waals surface area contributed by atoms with Crippen molar-refractivity contribution in [2.45, 2.75) is 13.8 Å². The summed E-state index contributed by atoms with van der Waals surface area (Å²) in [7, 11) is 0. The van der Waals surface area contributed by atoms with Crippen molar-refractivity contribution in [2.24, 2.45) is 0 Å². The number of nitrogens with one attached hydrogen (secondary N) is 3. The van der Waals surface area contributed by atoms with Crippen LogP contribution < -0.4 is 16.1 Å². The number of halogens is 2. The molecule has 0 atom stereocenters. The third-order valence-corrected chi connectivity index (χ3v) is 6.30. The van der Waals surface area contributed by atoms with Crippen molar-refractivity contribution >= 4 is 71.9 Å². The number of aryl methyl sites for hydroxylation is 2. The molecule has 3 aromatic carbocycles. The van der Waals surface area contributed by atoms with E-state index in [0.717, 1.165) is 20.1 Å². The molecule has 1 aromatic heterocycles. The molecule has 0 aliphatic heterocycles. The van der Waals surface area contributed by atoms with Gasteiger partial charge in [-0.3, -0.25) is 19.8 Å². The van der Waals surface area contributed by atoms with Crippen LogP contribution in [0.5, 0.6) is 0 Å². The van der Waals surface area contributed by atoms with Gasteiger partial charge in [-0.25, -0.2) is 4.68 Å². The first-order valence-corrected chi connectivity index (χ1v) is 11.9. The second kappa shape index (κ2) is 9.82. The highest BCUT2D eigenvalue weighted by Gasteiger charge is 2.21. The second-order valence-electron chi connectivity index (χ2n) is 7.72. The van der Waals surface area contributed by atoms with Crippen LogP contribution in [0.3, 0.4) is 0 Å². The van der Waals surface area contributed by atoms with Gasteiger partial charge in [-0.15, -0.1) is 0 Å². The largest absolute Gasteiger partial charge is 0.328 e. The van der Waals surface area contributed by atoms with Gasteiger partial charge in [0.05, 0.1) is 5.52 Å². The van der Waals surface area contributed by atoms with Crippen LogP contribution in [0.4, 0.5) is 11.4 Å². The number of nitrogens with zero attached hydrogens (tertiary/aromatic N) is 1. The summed E-state index contributed by atoms with van der Waals surface area (Å²) in [6, 6.07) is 19.5. The number of rotatable bonds is 4. The van der Waals surface area contributed by atoms with E-state index in [9.17, 15) is 14.4 Å². The average molecular weight is 584 g/mol. The van der Waals surface area contributed by atoms with E-state index in [0.29, 0.717) is 22.3 Å². The fraction of sp³-hybridized carbons (Fsp3) is 0.0800. The molecular formula is C25H20Br2N4O3. The Hall–Kier alpha value is -3.43. The Morgan fingerprint density at radius 2 is 1.38 bits per heavy atom. The monoisotopic (exact) mass is 582 g/mol. The standard InChI is InChI=1S/C25H20Br2N4O3/c1-14-3-7-20(11-15(14)2)29-23(32)22-13-16-12-18(27)6-10-21(16)31(22)30-25(34)24(33)28-19-8-4-17(26)5-9-19/h3-13H,1-2H3,(H,28,33)(H,29,32)(H,30,34). The molecule has 1 heterocycles. The van der Waals surface area contributed by atoms with Gasteiger partial charge in [-0.05, 0) is 85.6 Å². The molecule has 0 fully saturated rings. The van der Waals surface area contributed by atoms with E-state index in [1.807, 2.05) is 38.1 Å². The molecule has 0 radical (unpaired) electrons. The van der Waals surface area contributed by atoms with Crippen molar-refractivity contribution in [1.82, 2.24) is 4.68 Å². The maximum absolute atomic E-state index is 13.2. The number of benzene rings is 3. The Balaban J connectivity index is 1.62. The number of amides is 3. The maximum Gasteiger partial charge on any atom is 0.328 e. The van der Waals surface area contributed by atoms with Crippen LogP contribution in [0, 0.1) is 13.8 Å². The molecule has 0 aliphatic rings. The number of fused-ring (bicyclic) bond motifs is 1. The number of carbonyl (C=O) groups is 3. The normalized spacial score (nSPS) is 10.7. The molecule has 4 rings (SSSR count). The molecule has 7 nitrogen and oxygen atoms in total. The van der Waals surface area contributed by atoms with E-state index >= 15 is 0 Å². The highest BCUT2D eigenvalue weighted by atomic mass is 79.9. The van der Waals surface area contributed by atoms with Gasteiger partial charge in [0.2, 0.25) is 0 Å². The number of hydrogen-bond acceptors (Lipinski definition) is 3. The first-order valence-electron chi connectivity index (χ1n) is 10.3. The van der Waals surface area contributed by atoms with Gasteiger partial charge in [0.1, 0.15) is 5.69 Å². The zero-order valence-electron chi connectivity index (χ0n) is 18.3. The third kappa shape index (κ3) is 5.21. The first kappa shape index (κ1) is 23.7.